The lowest BCUT2D eigenvalue weighted by atomic mass is 10.0. The molecule has 10 heteroatoms. The molecule has 0 spiro atoms. The highest BCUT2D eigenvalue weighted by molar-refractivity contribution is 6.03. The van der Waals surface area contributed by atoms with E-state index in [1.54, 1.807) is 13.8 Å². The molecule has 1 aliphatic heterocycles. The Morgan fingerprint density at radius 2 is 1.81 bits per heavy atom. The lowest BCUT2D eigenvalue weighted by Crippen LogP contribution is -2.52. The molecule has 7 nitrogen and oxygen atoms in total. The summed E-state index contributed by atoms with van der Waals surface area (Å²) in [6, 6.07) is 1.97. The van der Waals surface area contributed by atoms with Gasteiger partial charge < -0.3 is 14.6 Å². The van der Waals surface area contributed by atoms with Gasteiger partial charge in [0.25, 0.3) is 0 Å². The number of carbonyl (C=O) groups excluding carboxylic acids is 2. The Balaban J connectivity index is 1.66. The molecular weight excluding hydrogens is 413 g/mol. The Kier molecular flexibility index (Phi) is 6.40. The average Bonchev–Trinajstić information content (AvgIpc) is 3.05. The number of ether oxygens (including phenoxy) is 1. The number of ketones is 1. The van der Waals surface area contributed by atoms with Gasteiger partial charge in [0.05, 0.1) is 30.0 Å². The number of hydrogen-bond acceptors (Lipinski definition) is 6. The van der Waals surface area contributed by atoms with Crippen molar-refractivity contribution in [3.8, 4) is 0 Å². The van der Waals surface area contributed by atoms with Gasteiger partial charge >= 0.3 is 12.1 Å². The molecule has 3 heterocycles. The first-order valence-corrected chi connectivity index (χ1v) is 9.88. The van der Waals surface area contributed by atoms with Gasteiger partial charge in [-0.1, -0.05) is 0 Å². The molecule has 1 aliphatic rings. The number of carbonyl (C=O) groups is 2. The molecule has 0 aliphatic carbocycles. The molecular formula is C21H25F3N4O3. The van der Waals surface area contributed by atoms with Crippen LogP contribution in [0.15, 0.2) is 18.3 Å². The van der Waals surface area contributed by atoms with E-state index >= 15 is 0 Å². The minimum absolute atomic E-state index is 0.128. The standard InChI is InChI=1S/C21H25F3N4O3/c1-12-17(20(30)31-4)13(2)26-18(12)19(29)14(3)27-7-9-28(10-8-27)16-6-5-15(11-25-16)21(22,23)24/h5-6,11,14,26H,7-10H2,1-4H3. The number of aromatic nitrogens is 2. The second-order valence-corrected chi connectivity index (χ2v) is 7.58. The summed E-state index contributed by atoms with van der Waals surface area (Å²) >= 11 is 0. The molecule has 2 aromatic rings. The van der Waals surface area contributed by atoms with Crippen molar-refractivity contribution in [1.29, 1.82) is 0 Å². The number of aryl methyl sites for hydroxylation is 1. The van der Waals surface area contributed by atoms with Crippen molar-refractivity contribution in [1.82, 2.24) is 14.9 Å². The van der Waals surface area contributed by atoms with Crippen molar-refractivity contribution >= 4 is 17.6 Å². The first-order valence-electron chi connectivity index (χ1n) is 9.88. The fourth-order valence-electron chi connectivity index (χ4n) is 3.86. The molecule has 0 radical (unpaired) electrons. The van der Waals surface area contributed by atoms with Crippen LogP contribution in [0.4, 0.5) is 19.0 Å². The highest BCUT2D eigenvalue weighted by atomic mass is 19.4. The first-order chi connectivity index (χ1) is 14.5. The third-order valence-electron chi connectivity index (χ3n) is 5.71. The number of alkyl halides is 3. The molecule has 1 fully saturated rings. The van der Waals surface area contributed by atoms with Crippen LogP contribution in [0, 0.1) is 13.8 Å². The minimum Gasteiger partial charge on any atom is -0.465 e. The summed E-state index contributed by atoms with van der Waals surface area (Å²) in [4.78, 5) is 35.9. The SMILES string of the molecule is COC(=O)c1c(C)[nH]c(C(=O)C(C)N2CCN(c3ccc(C(F)(F)F)cn3)CC2)c1C. The van der Waals surface area contributed by atoms with Gasteiger partial charge in [-0.05, 0) is 38.5 Å². The van der Waals surface area contributed by atoms with E-state index in [9.17, 15) is 22.8 Å². The van der Waals surface area contributed by atoms with Gasteiger partial charge in [0, 0.05) is 38.1 Å². The summed E-state index contributed by atoms with van der Waals surface area (Å²) in [7, 11) is 1.29. The van der Waals surface area contributed by atoms with Crippen LogP contribution in [0.3, 0.4) is 0 Å². The van der Waals surface area contributed by atoms with E-state index in [1.807, 2.05) is 16.7 Å². The van der Waals surface area contributed by atoms with E-state index in [1.165, 1.54) is 13.2 Å². The molecule has 1 unspecified atom stereocenters. The van der Waals surface area contributed by atoms with Crippen LogP contribution in [0.25, 0.3) is 0 Å². The Labute approximate surface area is 178 Å². The van der Waals surface area contributed by atoms with E-state index in [4.69, 9.17) is 4.74 Å². The average molecular weight is 438 g/mol. The first kappa shape index (κ1) is 22.8. The van der Waals surface area contributed by atoms with Crippen molar-refractivity contribution < 1.29 is 27.5 Å². The van der Waals surface area contributed by atoms with Gasteiger partial charge in [0.1, 0.15) is 5.82 Å². The molecule has 0 amide bonds. The maximum absolute atomic E-state index is 13.1. The summed E-state index contributed by atoms with van der Waals surface area (Å²) in [6.45, 7) is 7.41. The van der Waals surface area contributed by atoms with Crippen LogP contribution >= 0.6 is 0 Å². The zero-order chi connectivity index (χ0) is 22.9. The number of halogens is 3. The summed E-state index contributed by atoms with van der Waals surface area (Å²) in [6.07, 6.45) is -3.58. The summed E-state index contributed by atoms with van der Waals surface area (Å²) in [5.74, 6) is -0.141. The van der Waals surface area contributed by atoms with Gasteiger partial charge in [-0.25, -0.2) is 9.78 Å². The van der Waals surface area contributed by atoms with Gasteiger partial charge in [-0.15, -0.1) is 0 Å². The number of nitrogens with zero attached hydrogens (tertiary/aromatic N) is 3. The number of nitrogens with one attached hydrogen (secondary N) is 1. The smallest absolute Gasteiger partial charge is 0.417 e. The third-order valence-corrected chi connectivity index (χ3v) is 5.71. The van der Waals surface area contributed by atoms with Crippen LogP contribution in [0.1, 0.15) is 44.6 Å². The van der Waals surface area contributed by atoms with Crippen molar-refractivity contribution in [2.45, 2.75) is 33.0 Å². The van der Waals surface area contributed by atoms with Crippen LogP contribution in [0.2, 0.25) is 0 Å². The van der Waals surface area contributed by atoms with Crippen LogP contribution in [0.5, 0.6) is 0 Å². The molecule has 1 saturated heterocycles. The van der Waals surface area contributed by atoms with Gasteiger partial charge in [-0.3, -0.25) is 9.69 Å². The van der Waals surface area contributed by atoms with Crippen molar-refractivity contribution in [3.63, 3.8) is 0 Å². The number of methoxy groups -OCH3 is 1. The van der Waals surface area contributed by atoms with E-state index < -0.39 is 23.8 Å². The molecule has 0 bridgehead atoms. The monoisotopic (exact) mass is 438 g/mol. The van der Waals surface area contributed by atoms with Crippen LogP contribution < -0.4 is 4.90 Å². The maximum atomic E-state index is 13.1. The lowest BCUT2D eigenvalue weighted by molar-refractivity contribution is -0.137. The number of Topliss-reactive ketones (excluding diaryl/α,β-unsaturated/α-hetero) is 1. The Morgan fingerprint density at radius 1 is 1.16 bits per heavy atom. The number of pyridine rings is 1. The van der Waals surface area contributed by atoms with Gasteiger partial charge in [-0.2, -0.15) is 13.2 Å². The largest absolute Gasteiger partial charge is 0.465 e. The van der Waals surface area contributed by atoms with Crippen molar-refractivity contribution in [2.75, 3.05) is 38.2 Å². The minimum atomic E-state index is -4.41. The number of aromatic amines is 1. The molecule has 0 saturated carbocycles. The maximum Gasteiger partial charge on any atom is 0.417 e. The Hall–Kier alpha value is -2.88. The molecule has 168 valence electrons. The van der Waals surface area contributed by atoms with Crippen molar-refractivity contribution in [2.24, 2.45) is 0 Å². The molecule has 31 heavy (non-hydrogen) atoms. The van der Waals surface area contributed by atoms with E-state index in [2.05, 4.69) is 9.97 Å². The number of hydrogen-bond donors (Lipinski definition) is 1. The lowest BCUT2D eigenvalue weighted by Gasteiger charge is -2.38. The topological polar surface area (TPSA) is 78.5 Å². The van der Waals surface area contributed by atoms with E-state index in [0.717, 1.165) is 12.3 Å². The zero-order valence-electron chi connectivity index (χ0n) is 17.8. The summed E-state index contributed by atoms with van der Waals surface area (Å²) in [5.41, 5.74) is 1.12. The van der Waals surface area contributed by atoms with Crippen LogP contribution in [-0.2, 0) is 10.9 Å². The molecule has 1 atom stereocenters. The molecule has 0 aromatic carbocycles. The second-order valence-electron chi connectivity index (χ2n) is 7.58. The number of esters is 1. The van der Waals surface area contributed by atoms with Crippen LogP contribution in [-0.4, -0.2) is 66.0 Å². The predicted octanol–water partition coefficient (Wildman–Crippen LogP) is 3.23. The summed E-state index contributed by atoms with van der Waals surface area (Å²) < 4.78 is 42.9. The number of piperazine rings is 1. The third kappa shape index (κ3) is 4.58. The number of anilines is 1. The van der Waals surface area contributed by atoms with Crippen molar-refractivity contribution in [3.05, 3.63) is 46.4 Å². The fourth-order valence-corrected chi connectivity index (χ4v) is 3.86. The Morgan fingerprint density at radius 3 is 2.32 bits per heavy atom. The van der Waals surface area contributed by atoms with Gasteiger partial charge in [0.15, 0.2) is 5.78 Å². The summed E-state index contributed by atoms with van der Waals surface area (Å²) in [5, 5.41) is 0. The molecule has 2 aromatic heterocycles. The van der Waals surface area contributed by atoms with E-state index in [-0.39, 0.29) is 5.78 Å². The molecule has 1 N–H and O–H groups in total. The highest BCUT2D eigenvalue weighted by Gasteiger charge is 2.32. The normalized spacial score (nSPS) is 16.3. The fraction of sp³-hybridized carbons (Fsp3) is 0.476. The molecule has 3 rings (SSSR count). The quantitative estimate of drug-likeness (QED) is 0.571. The number of rotatable bonds is 5. The second kappa shape index (κ2) is 8.70. The van der Waals surface area contributed by atoms with Gasteiger partial charge in [0.2, 0.25) is 0 Å². The zero-order valence-corrected chi connectivity index (χ0v) is 17.8. The highest BCUT2D eigenvalue weighted by Crippen LogP contribution is 2.29. The van der Waals surface area contributed by atoms with E-state index in [0.29, 0.717) is 54.5 Å². The Bertz CT molecular complexity index is 961. The number of H-pyrrole nitrogens is 1. The predicted molar refractivity (Wildman–Crippen MR) is 108 cm³/mol.